The molecule has 0 unspecified atom stereocenters. The summed E-state index contributed by atoms with van der Waals surface area (Å²) >= 11 is 0. The molecule has 38 heavy (non-hydrogen) atoms. The van der Waals surface area contributed by atoms with Crippen molar-refractivity contribution in [3.8, 4) is 0 Å². The van der Waals surface area contributed by atoms with Crippen molar-refractivity contribution in [1.29, 1.82) is 0 Å². The van der Waals surface area contributed by atoms with Crippen LogP contribution in [0.4, 0.5) is 0 Å². The van der Waals surface area contributed by atoms with Crippen LogP contribution >= 0.6 is 0 Å². The summed E-state index contributed by atoms with van der Waals surface area (Å²) in [7, 11) is -2.68. The van der Waals surface area contributed by atoms with Gasteiger partial charge in [0, 0.05) is 18.4 Å². The van der Waals surface area contributed by atoms with Gasteiger partial charge in [0.1, 0.15) is 0 Å². The first-order chi connectivity index (χ1) is 17.9. The highest BCUT2D eigenvalue weighted by Gasteiger charge is 2.61. The normalized spacial score (nSPS) is 27.7. The lowest BCUT2D eigenvalue weighted by Gasteiger charge is -2.44. The molecule has 0 aromatic heterocycles. The maximum absolute atomic E-state index is 12.6. The van der Waals surface area contributed by atoms with Gasteiger partial charge in [-0.25, -0.2) is 0 Å². The Morgan fingerprint density at radius 1 is 0.974 bits per heavy atom. The summed E-state index contributed by atoms with van der Waals surface area (Å²) < 4.78 is 13.1. The van der Waals surface area contributed by atoms with Crippen LogP contribution in [0.1, 0.15) is 60.8 Å². The summed E-state index contributed by atoms with van der Waals surface area (Å²) in [5.41, 5.74) is -1.49. The van der Waals surface area contributed by atoms with Crippen LogP contribution in [0.3, 0.4) is 0 Å². The van der Waals surface area contributed by atoms with Crippen molar-refractivity contribution in [2.24, 2.45) is 29.1 Å². The standard InChI is InChI=1S/C33H46O4Si/c1-8-25-19-20-29-24(21-26(33(25,29)35)23-36-30(34)31(2,3)4)22-37-38(32(5,6)7,27-15-11-9-12-16-27)28-17-13-10-14-18-28/h8-18,24-26,29,35H,1,19-23H2,2-7H3/t24-,25-,26+,29+,33+/m0/s1. The first kappa shape index (κ1) is 28.8. The third-order valence-corrected chi connectivity index (χ3v) is 14.0. The zero-order valence-corrected chi connectivity index (χ0v) is 25.1. The first-order valence-corrected chi connectivity index (χ1v) is 16.0. The maximum atomic E-state index is 12.6. The summed E-state index contributed by atoms with van der Waals surface area (Å²) in [6.45, 7) is 17.3. The first-order valence-electron chi connectivity index (χ1n) is 14.1. The minimum Gasteiger partial charge on any atom is -0.465 e. The Labute approximate surface area is 230 Å². The van der Waals surface area contributed by atoms with Crippen molar-refractivity contribution in [2.75, 3.05) is 13.2 Å². The summed E-state index contributed by atoms with van der Waals surface area (Å²) in [4.78, 5) is 12.6. The molecule has 0 bridgehead atoms. The molecular formula is C33H46O4Si. The van der Waals surface area contributed by atoms with E-state index in [0.29, 0.717) is 6.61 Å². The largest absolute Gasteiger partial charge is 0.465 e. The molecule has 2 aliphatic rings. The Morgan fingerprint density at radius 3 is 2.00 bits per heavy atom. The van der Waals surface area contributed by atoms with E-state index in [1.54, 1.807) is 0 Å². The average Bonchev–Trinajstić information content (AvgIpc) is 3.35. The molecule has 1 N–H and O–H groups in total. The third kappa shape index (κ3) is 5.05. The van der Waals surface area contributed by atoms with Crippen molar-refractivity contribution in [2.45, 2.75) is 71.4 Å². The maximum Gasteiger partial charge on any atom is 0.311 e. The van der Waals surface area contributed by atoms with Crippen molar-refractivity contribution in [1.82, 2.24) is 0 Å². The highest BCUT2D eigenvalue weighted by molar-refractivity contribution is 6.99. The van der Waals surface area contributed by atoms with Crippen molar-refractivity contribution in [3.05, 3.63) is 73.3 Å². The second kappa shape index (κ2) is 10.7. The topological polar surface area (TPSA) is 55.8 Å². The number of hydrogen-bond donors (Lipinski definition) is 1. The van der Waals surface area contributed by atoms with Gasteiger partial charge in [-0.05, 0) is 67.3 Å². The molecule has 5 heteroatoms. The van der Waals surface area contributed by atoms with Gasteiger partial charge in [0.2, 0.25) is 0 Å². The van der Waals surface area contributed by atoms with Gasteiger partial charge in [0.05, 0.1) is 17.6 Å². The van der Waals surface area contributed by atoms with Gasteiger partial charge in [0.15, 0.2) is 0 Å². The lowest BCUT2D eigenvalue weighted by Crippen LogP contribution is -2.67. The minimum atomic E-state index is -2.68. The zero-order chi connectivity index (χ0) is 27.8. The summed E-state index contributed by atoms with van der Waals surface area (Å²) in [6.07, 6.45) is 4.53. The SMILES string of the molecule is C=C[C@H]1CC[C@@H]2[C@H](CO[Si](c3ccccc3)(c3ccccc3)C(C)(C)C)C[C@H](COC(=O)C(C)(C)C)[C@@]21O. The van der Waals surface area contributed by atoms with E-state index in [-0.39, 0.29) is 41.3 Å². The molecule has 2 fully saturated rings. The Hall–Kier alpha value is -2.21. The van der Waals surface area contributed by atoms with Crippen LogP contribution in [0, 0.1) is 29.1 Å². The monoisotopic (exact) mass is 534 g/mol. The van der Waals surface area contributed by atoms with Gasteiger partial charge >= 0.3 is 5.97 Å². The van der Waals surface area contributed by atoms with Gasteiger partial charge in [-0.3, -0.25) is 4.79 Å². The average molecular weight is 535 g/mol. The molecule has 4 rings (SSSR count). The molecule has 2 aromatic rings. The van der Waals surface area contributed by atoms with Crippen molar-refractivity contribution >= 4 is 24.7 Å². The summed E-state index contributed by atoms with van der Waals surface area (Å²) in [5.74, 6) is -0.0643. The molecule has 0 saturated heterocycles. The predicted octanol–water partition coefficient (Wildman–Crippen LogP) is 5.73. The Morgan fingerprint density at radius 2 is 1.53 bits per heavy atom. The fourth-order valence-electron chi connectivity index (χ4n) is 7.11. The minimum absolute atomic E-state index is 0.00343. The third-order valence-electron chi connectivity index (χ3n) is 9.03. The van der Waals surface area contributed by atoms with Gasteiger partial charge in [0.25, 0.3) is 8.32 Å². The van der Waals surface area contributed by atoms with Crippen molar-refractivity contribution in [3.63, 3.8) is 0 Å². The van der Waals surface area contributed by atoms with E-state index in [1.807, 2.05) is 26.8 Å². The van der Waals surface area contributed by atoms with E-state index in [9.17, 15) is 9.90 Å². The van der Waals surface area contributed by atoms with Gasteiger partial charge in [-0.1, -0.05) is 87.5 Å². The molecule has 0 heterocycles. The van der Waals surface area contributed by atoms with Crippen LogP contribution in [0.15, 0.2) is 73.3 Å². The zero-order valence-electron chi connectivity index (χ0n) is 24.1. The Kier molecular flexibility index (Phi) is 8.14. The lowest BCUT2D eigenvalue weighted by molar-refractivity contribution is -0.158. The van der Waals surface area contributed by atoms with Gasteiger partial charge in [-0.2, -0.15) is 0 Å². The summed E-state index contributed by atoms with van der Waals surface area (Å²) in [5, 5.41) is 14.6. The molecule has 0 radical (unpaired) electrons. The fraction of sp³-hybridized carbons (Fsp3) is 0.545. The Balaban J connectivity index is 1.66. The van der Waals surface area contributed by atoms with E-state index < -0.39 is 19.3 Å². The number of aliphatic hydroxyl groups is 1. The molecule has 2 aromatic carbocycles. The predicted molar refractivity (Wildman–Crippen MR) is 157 cm³/mol. The number of fused-ring (bicyclic) bond motifs is 1. The molecule has 0 amide bonds. The van der Waals surface area contributed by atoms with Crippen LogP contribution in [0.5, 0.6) is 0 Å². The molecule has 4 nitrogen and oxygen atoms in total. The number of benzene rings is 2. The van der Waals surface area contributed by atoms with E-state index in [0.717, 1.165) is 19.3 Å². The molecule has 0 aliphatic heterocycles. The van der Waals surface area contributed by atoms with Crippen LogP contribution in [0.2, 0.25) is 5.04 Å². The van der Waals surface area contributed by atoms with Gasteiger partial charge < -0.3 is 14.3 Å². The second-order valence-corrected chi connectivity index (χ2v) is 17.7. The van der Waals surface area contributed by atoms with Crippen LogP contribution in [-0.4, -0.2) is 38.2 Å². The molecule has 206 valence electrons. The number of carbonyl (C=O) groups is 1. The highest BCUT2D eigenvalue weighted by atomic mass is 28.4. The van der Waals surface area contributed by atoms with E-state index in [1.165, 1.54) is 10.4 Å². The van der Waals surface area contributed by atoms with Crippen molar-refractivity contribution < 1.29 is 19.1 Å². The van der Waals surface area contributed by atoms with Crippen LogP contribution in [-0.2, 0) is 14.0 Å². The smallest absolute Gasteiger partial charge is 0.311 e. The number of ether oxygens (including phenoxy) is 1. The van der Waals surface area contributed by atoms with Crippen LogP contribution < -0.4 is 10.4 Å². The number of hydrogen-bond acceptors (Lipinski definition) is 4. The summed E-state index contributed by atoms with van der Waals surface area (Å²) in [6, 6.07) is 21.4. The number of rotatable bonds is 8. The quantitative estimate of drug-likeness (QED) is 0.267. The highest BCUT2D eigenvalue weighted by Crippen LogP contribution is 2.57. The fourth-order valence-corrected chi connectivity index (χ4v) is 11.7. The van der Waals surface area contributed by atoms with E-state index >= 15 is 0 Å². The van der Waals surface area contributed by atoms with Gasteiger partial charge in [-0.15, -0.1) is 6.58 Å². The number of esters is 1. The lowest BCUT2D eigenvalue weighted by atomic mass is 9.79. The van der Waals surface area contributed by atoms with E-state index in [2.05, 4.69) is 88.0 Å². The number of carbonyl (C=O) groups excluding carboxylic acids is 1. The Bertz CT molecular complexity index is 1060. The molecule has 2 aliphatic carbocycles. The molecular weight excluding hydrogens is 488 g/mol. The molecule has 0 spiro atoms. The van der Waals surface area contributed by atoms with E-state index in [4.69, 9.17) is 9.16 Å². The van der Waals surface area contributed by atoms with Crippen LogP contribution in [0.25, 0.3) is 0 Å². The second-order valence-electron chi connectivity index (χ2n) is 13.4. The molecule has 5 atom stereocenters. The molecule has 2 saturated carbocycles.